The molecule has 2 unspecified atom stereocenters. The lowest BCUT2D eigenvalue weighted by molar-refractivity contribution is -0.147. The van der Waals surface area contributed by atoms with E-state index in [9.17, 15) is 14.7 Å². The van der Waals surface area contributed by atoms with E-state index in [-0.39, 0.29) is 18.9 Å². The van der Waals surface area contributed by atoms with E-state index in [2.05, 4.69) is 32.9 Å². The van der Waals surface area contributed by atoms with Crippen LogP contribution in [0.3, 0.4) is 0 Å². The maximum atomic E-state index is 12.5. The number of aliphatic carboxylic acids is 1. The van der Waals surface area contributed by atoms with Crippen LogP contribution < -0.4 is 5.32 Å². The molecule has 164 valence electrons. The highest BCUT2D eigenvalue weighted by molar-refractivity contribution is 14.1. The van der Waals surface area contributed by atoms with Gasteiger partial charge in [-0.3, -0.25) is 14.9 Å². The van der Waals surface area contributed by atoms with Crippen LogP contribution in [-0.4, -0.2) is 45.3 Å². The van der Waals surface area contributed by atoms with Crippen molar-refractivity contribution in [2.24, 2.45) is 5.92 Å². The molecule has 0 saturated heterocycles. The van der Waals surface area contributed by atoms with Crippen molar-refractivity contribution >= 4 is 46.1 Å². The van der Waals surface area contributed by atoms with Crippen molar-refractivity contribution in [1.82, 2.24) is 14.9 Å². The van der Waals surface area contributed by atoms with Gasteiger partial charge in [0.25, 0.3) is 0 Å². The van der Waals surface area contributed by atoms with Crippen LogP contribution >= 0.6 is 34.2 Å². The maximum absolute atomic E-state index is 12.5. The Morgan fingerprint density at radius 1 is 1.30 bits per heavy atom. The fraction of sp³-hybridized carbons (Fsp3) is 0.476. The molecular weight excluding hydrogens is 521 g/mol. The van der Waals surface area contributed by atoms with Gasteiger partial charge in [0.1, 0.15) is 12.1 Å². The van der Waals surface area contributed by atoms with Crippen LogP contribution in [0.25, 0.3) is 0 Å². The van der Waals surface area contributed by atoms with Crippen LogP contribution in [-0.2, 0) is 27.3 Å². The van der Waals surface area contributed by atoms with Crippen molar-refractivity contribution in [1.29, 1.82) is 0 Å². The minimum absolute atomic E-state index is 0.164. The Labute approximate surface area is 195 Å². The second-order valence-corrected chi connectivity index (χ2v) is 9.17. The highest BCUT2D eigenvalue weighted by Crippen LogP contribution is 2.19. The molecular formula is C21H27ClIN3O4. The SMILES string of the molecule is CCOC(=O)C(Cc1cncn1Cc1cc(Cl)cc(I)c1)NC(CC(C)C)C(=O)O. The van der Waals surface area contributed by atoms with Crippen LogP contribution in [0.4, 0.5) is 0 Å². The van der Waals surface area contributed by atoms with Gasteiger partial charge < -0.3 is 14.4 Å². The first-order valence-corrected chi connectivity index (χ1v) is 11.2. The molecule has 9 heteroatoms. The highest BCUT2D eigenvalue weighted by atomic mass is 127. The molecule has 0 radical (unpaired) electrons. The molecule has 1 aromatic carbocycles. The lowest BCUT2D eigenvalue weighted by Gasteiger charge is -2.23. The van der Waals surface area contributed by atoms with Gasteiger partial charge in [0.2, 0.25) is 0 Å². The lowest BCUT2D eigenvalue weighted by atomic mass is 10.0. The molecule has 2 aromatic rings. The molecule has 7 nitrogen and oxygen atoms in total. The summed E-state index contributed by atoms with van der Waals surface area (Å²) < 4.78 is 8.14. The standard InChI is InChI=1S/C21H27ClIN3O4/c1-4-30-21(29)19(25-18(20(27)28)5-13(2)3)9-17-10-24-12-26(17)11-14-6-15(22)8-16(23)7-14/h6-8,10,12-13,18-19,25H,4-5,9,11H2,1-3H3,(H,27,28). The van der Waals surface area contributed by atoms with Crippen molar-refractivity contribution < 1.29 is 19.4 Å². The second kappa shape index (κ2) is 11.7. The van der Waals surface area contributed by atoms with E-state index in [1.807, 2.05) is 36.6 Å². The van der Waals surface area contributed by atoms with Gasteiger partial charge in [0, 0.05) is 33.4 Å². The number of nitrogens with one attached hydrogen (secondary N) is 1. The topological polar surface area (TPSA) is 93.5 Å². The van der Waals surface area contributed by atoms with E-state index >= 15 is 0 Å². The average Bonchev–Trinajstić information content (AvgIpc) is 3.06. The number of halogens is 2. The fourth-order valence-electron chi connectivity index (χ4n) is 3.18. The minimum Gasteiger partial charge on any atom is -0.480 e. The predicted molar refractivity (Wildman–Crippen MR) is 124 cm³/mol. The summed E-state index contributed by atoms with van der Waals surface area (Å²) in [6, 6.07) is 4.16. The summed E-state index contributed by atoms with van der Waals surface area (Å²) in [6.45, 7) is 6.37. The van der Waals surface area contributed by atoms with Crippen molar-refractivity contribution in [2.45, 2.75) is 52.2 Å². The molecule has 0 saturated carbocycles. The van der Waals surface area contributed by atoms with Gasteiger partial charge in [0.05, 0.1) is 12.9 Å². The summed E-state index contributed by atoms with van der Waals surface area (Å²) in [4.78, 5) is 28.4. The van der Waals surface area contributed by atoms with Gasteiger partial charge in [0.15, 0.2) is 0 Å². The van der Waals surface area contributed by atoms with Crippen molar-refractivity contribution in [2.75, 3.05) is 6.61 Å². The third kappa shape index (κ3) is 7.55. The number of carbonyl (C=O) groups excluding carboxylic acids is 1. The highest BCUT2D eigenvalue weighted by Gasteiger charge is 2.28. The molecule has 0 aliphatic heterocycles. The Bertz CT molecular complexity index is 851. The summed E-state index contributed by atoms with van der Waals surface area (Å²) in [6.07, 6.45) is 4.04. The number of hydrogen-bond acceptors (Lipinski definition) is 5. The van der Waals surface area contributed by atoms with E-state index in [1.54, 1.807) is 19.4 Å². The Hall–Kier alpha value is -1.65. The molecule has 1 heterocycles. The summed E-state index contributed by atoms with van der Waals surface area (Å²) >= 11 is 8.37. The van der Waals surface area contributed by atoms with Gasteiger partial charge in [-0.1, -0.05) is 25.4 Å². The number of esters is 1. The third-order valence-electron chi connectivity index (χ3n) is 4.47. The van der Waals surface area contributed by atoms with Crippen LogP contribution in [0.15, 0.2) is 30.7 Å². The molecule has 2 N–H and O–H groups in total. The number of carbonyl (C=O) groups is 2. The van der Waals surface area contributed by atoms with Crippen molar-refractivity contribution in [3.05, 3.63) is 50.6 Å². The number of imidazole rings is 1. The number of benzene rings is 1. The molecule has 0 amide bonds. The lowest BCUT2D eigenvalue weighted by Crippen LogP contribution is -2.49. The van der Waals surface area contributed by atoms with E-state index in [4.69, 9.17) is 16.3 Å². The summed E-state index contributed by atoms with van der Waals surface area (Å²) in [5.41, 5.74) is 1.80. The van der Waals surface area contributed by atoms with Crippen LogP contribution in [0.5, 0.6) is 0 Å². The zero-order valence-corrected chi connectivity index (χ0v) is 20.2. The van der Waals surface area contributed by atoms with E-state index < -0.39 is 24.0 Å². The van der Waals surface area contributed by atoms with Gasteiger partial charge in [-0.05, 0) is 65.6 Å². The van der Waals surface area contributed by atoms with Crippen LogP contribution in [0.1, 0.15) is 38.4 Å². The summed E-state index contributed by atoms with van der Waals surface area (Å²) in [5, 5.41) is 13.2. The van der Waals surface area contributed by atoms with E-state index in [0.717, 1.165) is 14.8 Å². The summed E-state index contributed by atoms with van der Waals surface area (Å²) in [5.74, 6) is -1.30. The van der Waals surface area contributed by atoms with E-state index in [1.165, 1.54) is 0 Å². The van der Waals surface area contributed by atoms with Crippen molar-refractivity contribution in [3.8, 4) is 0 Å². The molecule has 1 aromatic heterocycles. The number of nitrogens with zero attached hydrogens (tertiary/aromatic N) is 2. The smallest absolute Gasteiger partial charge is 0.323 e. The molecule has 0 fully saturated rings. The molecule has 2 atom stereocenters. The number of carboxylic acid groups (broad SMARTS) is 1. The zero-order valence-electron chi connectivity index (χ0n) is 17.3. The number of rotatable bonds is 11. The normalized spacial score (nSPS) is 13.3. The Morgan fingerprint density at radius 2 is 2.03 bits per heavy atom. The third-order valence-corrected chi connectivity index (χ3v) is 5.31. The molecule has 30 heavy (non-hydrogen) atoms. The molecule has 0 spiro atoms. The number of carboxylic acids is 1. The van der Waals surface area contributed by atoms with Gasteiger partial charge in [-0.25, -0.2) is 4.98 Å². The molecule has 0 bridgehead atoms. The van der Waals surface area contributed by atoms with Crippen LogP contribution in [0.2, 0.25) is 5.02 Å². The number of ether oxygens (including phenoxy) is 1. The zero-order chi connectivity index (χ0) is 22.3. The van der Waals surface area contributed by atoms with Crippen molar-refractivity contribution in [3.63, 3.8) is 0 Å². The largest absolute Gasteiger partial charge is 0.480 e. The van der Waals surface area contributed by atoms with Crippen LogP contribution in [0, 0.1) is 9.49 Å². The summed E-state index contributed by atoms with van der Waals surface area (Å²) in [7, 11) is 0. The Kier molecular flexibility index (Phi) is 9.57. The monoisotopic (exact) mass is 547 g/mol. The quantitative estimate of drug-likeness (QED) is 0.329. The Balaban J connectivity index is 2.22. The molecule has 0 aliphatic carbocycles. The Morgan fingerprint density at radius 3 is 2.63 bits per heavy atom. The van der Waals surface area contributed by atoms with Gasteiger partial charge in [-0.2, -0.15) is 0 Å². The molecule has 2 rings (SSSR count). The number of aromatic nitrogens is 2. The van der Waals surface area contributed by atoms with Gasteiger partial charge in [-0.15, -0.1) is 0 Å². The average molecular weight is 548 g/mol. The molecule has 0 aliphatic rings. The first-order chi connectivity index (χ1) is 14.2. The predicted octanol–water partition coefficient (Wildman–Crippen LogP) is 3.75. The van der Waals surface area contributed by atoms with E-state index in [0.29, 0.717) is 18.0 Å². The maximum Gasteiger partial charge on any atom is 0.323 e. The number of hydrogen-bond donors (Lipinski definition) is 2. The van der Waals surface area contributed by atoms with Gasteiger partial charge >= 0.3 is 11.9 Å². The first kappa shape index (κ1) is 24.6. The first-order valence-electron chi connectivity index (χ1n) is 9.79. The second-order valence-electron chi connectivity index (χ2n) is 7.49. The fourth-order valence-corrected chi connectivity index (χ4v) is 4.35. The minimum atomic E-state index is -0.986.